The molecule has 3 aromatic rings. The number of nitrogens with two attached hydrogens (primary N) is 1. The van der Waals surface area contributed by atoms with E-state index in [4.69, 9.17) is 10.5 Å². The quantitative estimate of drug-likeness (QED) is 0.715. The number of rotatable bonds is 4. The number of aryl methyl sites for hydroxylation is 4. The molecule has 0 atom stereocenters. The normalized spacial score (nSPS) is 10.6. The fourth-order valence-electron chi connectivity index (χ4n) is 2.63. The van der Waals surface area contributed by atoms with Gasteiger partial charge in [0.1, 0.15) is 17.8 Å². The van der Waals surface area contributed by atoms with Crippen LogP contribution in [0, 0.1) is 27.7 Å². The van der Waals surface area contributed by atoms with Crippen molar-refractivity contribution in [2.75, 3.05) is 11.1 Å². The molecule has 2 aromatic carbocycles. The van der Waals surface area contributed by atoms with Crippen LogP contribution < -0.4 is 15.8 Å². The SMILES string of the molecule is Cc1cc(C)cc(Nc2ncnc(Oc3ccc(C)c(C)c3)c2N)c1. The average Bonchev–Trinajstić information content (AvgIpc) is 2.54. The van der Waals surface area contributed by atoms with Crippen molar-refractivity contribution in [2.24, 2.45) is 0 Å². The summed E-state index contributed by atoms with van der Waals surface area (Å²) in [5.74, 6) is 1.56. The predicted octanol–water partition coefficient (Wildman–Crippen LogP) is 4.83. The maximum atomic E-state index is 6.21. The summed E-state index contributed by atoms with van der Waals surface area (Å²) in [6, 6.07) is 12.1. The van der Waals surface area contributed by atoms with Gasteiger partial charge < -0.3 is 15.8 Å². The molecule has 0 fully saturated rings. The molecule has 0 amide bonds. The Morgan fingerprint density at radius 1 is 0.880 bits per heavy atom. The van der Waals surface area contributed by atoms with Crippen molar-refractivity contribution in [1.29, 1.82) is 0 Å². The van der Waals surface area contributed by atoms with Crippen molar-refractivity contribution < 1.29 is 4.74 Å². The van der Waals surface area contributed by atoms with Crippen LogP contribution in [0.1, 0.15) is 22.3 Å². The molecule has 25 heavy (non-hydrogen) atoms. The van der Waals surface area contributed by atoms with E-state index in [0.29, 0.717) is 23.1 Å². The zero-order chi connectivity index (χ0) is 18.0. The molecule has 0 saturated heterocycles. The fourth-order valence-corrected chi connectivity index (χ4v) is 2.63. The van der Waals surface area contributed by atoms with E-state index < -0.39 is 0 Å². The largest absolute Gasteiger partial charge is 0.437 e. The van der Waals surface area contributed by atoms with E-state index in [1.54, 1.807) is 0 Å². The number of aromatic nitrogens is 2. The molecule has 0 unspecified atom stereocenters. The smallest absolute Gasteiger partial charge is 0.248 e. The molecule has 1 aromatic heterocycles. The summed E-state index contributed by atoms with van der Waals surface area (Å²) in [7, 11) is 0. The number of hydrogen-bond acceptors (Lipinski definition) is 5. The second kappa shape index (κ2) is 6.81. The van der Waals surface area contributed by atoms with Crippen LogP contribution in [0.5, 0.6) is 11.6 Å². The van der Waals surface area contributed by atoms with Crippen molar-refractivity contribution in [1.82, 2.24) is 9.97 Å². The van der Waals surface area contributed by atoms with Crippen molar-refractivity contribution in [3.05, 3.63) is 65.0 Å². The zero-order valence-corrected chi connectivity index (χ0v) is 14.9. The standard InChI is InChI=1S/C20H22N4O/c1-12-7-13(2)9-16(8-12)24-19-18(21)20(23-11-22-19)25-17-6-5-14(3)15(4)10-17/h5-11H,21H2,1-4H3,(H,22,23,24). The molecule has 5 nitrogen and oxygen atoms in total. The van der Waals surface area contributed by atoms with Crippen molar-refractivity contribution >= 4 is 17.2 Å². The van der Waals surface area contributed by atoms with Gasteiger partial charge in [0.05, 0.1) is 0 Å². The van der Waals surface area contributed by atoms with Gasteiger partial charge in [0, 0.05) is 5.69 Å². The number of anilines is 3. The third-order valence-electron chi connectivity index (χ3n) is 4.02. The number of benzene rings is 2. The van der Waals surface area contributed by atoms with Crippen LogP contribution in [0.3, 0.4) is 0 Å². The van der Waals surface area contributed by atoms with Gasteiger partial charge in [-0.25, -0.2) is 4.98 Å². The molecule has 0 saturated carbocycles. The van der Waals surface area contributed by atoms with E-state index in [-0.39, 0.29) is 0 Å². The molecule has 128 valence electrons. The molecule has 3 N–H and O–H groups in total. The topological polar surface area (TPSA) is 73.1 Å². The Kier molecular flexibility index (Phi) is 4.57. The van der Waals surface area contributed by atoms with Gasteiger partial charge in [-0.05, 0) is 74.2 Å². The van der Waals surface area contributed by atoms with E-state index in [9.17, 15) is 0 Å². The molecule has 0 aliphatic rings. The molecule has 3 rings (SSSR count). The van der Waals surface area contributed by atoms with Crippen LogP contribution in [0.15, 0.2) is 42.7 Å². The van der Waals surface area contributed by atoms with E-state index in [1.165, 1.54) is 23.0 Å². The molecule has 0 aliphatic carbocycles. The summed E-state index contributed by atoms with van der Waals surface area (Å²) in [6.07, 6.45) is 1.44. The number of nitrogens with zero attached hydrogens (tertiary/aromatic N) is 2. The van der Waals surface area contributed by atoms with Crippen molar-refractivity contribution in [3.8, 4) is 11.6 Å². The Morgan fingerprint density at radius 2 is 1.60 bits per heavy atom. The van der Waals surface area contributed by atoms with E-state index in [1.807, 2.05) is 37.3 Å². The fraction of sp³-hybridized carbons (Fsp3) is 0.200. The Morgan fingerprint density at radius 3 is 2.28 bits per heavy atom. The summed E-state index contributed by atoms with van der Waals surface area (Å²) < 4.78 is 5.85. The van der Waals surface area contributed by atoms with Gasteiger partial charge in [-0.2, -0.15) is 4.98 Å². The number of nitrogens with one attached hydrogen (secondary N) is 1. The summed E-state index contributed by atoms with van der Waals surface area (Å²) in [5, 5.41) is 3.24. The number of hydrogen-bond donors (Lipinski definition) is 2. The highest BCUT2D eigenvalue weighted by molar-refractivity contribution is 5.72. The lowest BCUT2D eigenvalue weighted by Gasteiger charge is -2.13. The first-order valence-corrected chi connectivity index (χ1v) is 8.13. The van der Waals surface area contributed by atoms with E-state index in [2.05, 4.69) is 42.1 Å². The average molecular weight is 334 g/mol. The van der Waals surface area contributed by atoms with Crippen molar-refractivity contribution in [3.63, 3.8) is 0 Å². The van der Waals surface area contributed by atoms with Gasteiger partial charge in [-0.3, -0.25) is 0 Å². The Labute approximate surface area is 147 Å². The Hall–Kier alpha value is -3.08. The molecule has 5 heteroatoms. The molecular weight excluding hydrogens is 312 g/mol. The van der Waals surface area contributed by atoms with Gasteiger partial charge in [0.2, 0.25) is 5.88 Å². The number of nitrogen functional groups attached to an aromatic ring is 1. The lowest BCUT2D eigenvalue weighted by Crippen LogP contribution is -2.03. The molecule has 0 spiro atoms. The zero-order valence-electron chi connectivity index (χ0n) is 14.9. The molecular formula is C20H22N4O. The first-order chi connectivity index (χ1) is 11.9. The Balaban J connectivity index is 1.87. The van der Waals surface area contributed by atoms with Crippen LogP contribution >= 0.6 is 0 Å². The van der Waals surface area contributed by atoms with Gasteiger partial charge in [-0.1, -0.05) is 12.1 Å². The minimum atomic E-state index is 0.338. The minimum Gasteiger partial charge on any atom is -0.437 e. The van der Waals surface area contributed by atoms with Crippen LogP contribution in [-0.2, 0) is 0 Å². The van der Waals surface area contributed by atoms with Gasteiger partial charge in [0.25, 0.3) is 0 Å². The molecule has 0 bridgehead atoms. The second-order valence-corrected chi connectivity index (χ2v) is 6.29. The van der Waals surface area contributed by atoms with Gasteiger partial charge >= 0.3 is 0 Å². The van der Waals surface area contributed by atoms with Crippen LogP contribution in [0.2, 0.25) is 0 Å². The summed E-state index contributed by atoms with van der Waals surface area (Å²) in [4.78, 5) is 8.40. The third kappa shape index (κ3) is 3.88. The summed E-state index contributed by atoms with van der Waals surface area (Å²) in [6.45, 7) is 8.20. The molecule has 0 aliphatic heterocycles. The summed E-state index contributed by atoms with van der Waals surface area (Å²) >= 11 is 0. The van der Waals surface area contributed by atoms with Crippen molar-refractivity contribution in [2.45, 2.75) is 27.7 Å². The molecule has 0 radical (unpaired) electrons. The van der Waals surface area contributed by atoms with Gasteiger partial charge in [-0.15, -0.1) is 0 Å². The van der Waals surface area contributed by atoms with Crippen LogP contribution in [-0.4, -0.2) is 9.97 Å². The van der Waals surface area contributed by atoms with Crippen LogP contribution in [0.25, 0.3) is 0 Å². The first-order valence-electron chi connectivity index (χ1n) is 8.13. The third-order valence-corrected chi connectivity index (χ3v) is 4.02. The highest BCUT2D eigenvalue weighted by Gasteiger charge is 2.11. The lowest BCUT2D eigenvalue weighted by atomic mass is 10.1. The van der Waals surface area contributed by atoms with Gasteiger partial charge in [0.15, 0.2) is 5.82 Å². The maximum absolute atomic E-state index is 6.21. The van der Waals surface area contributed by atoms with E-state index >= 15 is 0 Å². The summed E-state index contributed by atoms with van der Waals surface area (Å²) in [5.41, 5.74) is 12.2. The Bertz CT molecular complexity index is 901. The maximum Gasteiger partial charge on any atom is 0.248 e. The highest BCUT2D eigenvalue weighted by atomic mass is 16.5. The molecule has 1 heterocycles. The van der Waals surface area contributed by atoms with E-state index in [0.717, 1.165) is 11.3 Å². The monoisotopic (exact) mass is 334 g/mol. The number of ether oxygens (including phenoxy) is 1. The highest BCUT2D eigenvalue weighted by Crippen LogP contribution is 2.31. The minimum absolute atomic E-state index is 0.338. The second-order valence-electron chi connectivity index (χ2n) is 6.29. The van der Waals surface area contributed by atoms with Crippen LogP contribution in [0.4, 0.5) is 17.2 Å². The first kappa shape index (κ1) is 16.8. The predicted molar refractivity (Wildman–Crippen MR) is 102 cm³/mol. The lowest BCUT2D eigenvalue weighted by molar-refractivity contribution is 0.464.